The van der Waals surface area contributed by atoms with Crippen LogP contribution in [0, 0.1) is 10.1 Å². The molecule has 110 valence electrons. The smallest absolute Gasteiger partial charge is 0.311 e. The van der Waals surface area contributed by atoms with Crippen molar-refractivity contribution < 1.29 is 9.66 Å². The van der Waals surface area contributed by atoms with Crippen LogP contribution in [-0.4, -0.2) is 29.2 Å². The largest absolute Gasteiger partial charge is 0.376 e. The van der Waals surface area contributed by atoms with Gasteiger partial charge in [-0.2, -0.15) is 0 Å². The molecule has 20 heavy (non-hydrogen) atoms. The van der Waals surface area contributed by atoms with E-state index in [1.165, 1.54) is 31.4 Å². The highest BCUT2D eigenvalue weighted by molar-refractivity contribution is 6.29. The molecular formula is C13H18ClN3O3. The molecule has 1 fully saturated rings. The third-order valence-electron chi connectivity index (χ3n) is 3.34. The van der Waals surface area contributed by atoms with Crippen molar-refractivity contribution in [3.05, 3.63) is 27.4 Å². The molecule has 0 saturated heterocycles. The second kappa shape index (κ2) is 7.40. The molecular weight excluding hydrogens is 282 g/mol. The average molecular weight is 300 g/mol. The second-order valence-corrected chi connectivity index (χ2v) is 5.20. The average Bonchev–Trinajstić information content (AvgIpc) is 2.44. The molecule has 2 rings (SSSR count). The number of nitrogens with zero attached hydrogens (tertiary/aromatic N) is 2. The van der Waals surface area contributed by atoms with Gasteiger partial charge in [-0.1, -0.05) is 30.9 Å². The van der Waals surface area contributed by atoms with Crippen molar-refractivity contribution in [2.24, 2.45) is 0 Å². The molecule has 0 aromatic carbocycles. The molecule has 0 amide bonds. The fourth-order valence-corrected chi connectivity index (χ4v) is 2.48. The summed E-state index contributed by atoms with van der Waals surface area (Å²) in [5.74, 6) is 0.190. The third-order valence-corrected chi connectivity index (χ3v) is 3.55. The summed E-state index contributed by atoms with van der Waals surface area (Å²) < 4.78 is 5.74. The van der Waals surface area contributed by atoms with Gasteiger partial charge in [0.05, 0.1) is 17.6 Å². The molecule has 1 saturated carbocycles. The van der Waals surface area contributed by atoms with Gasteiger partial charge in [-0.05, 0) is 18.9 Å². The van der Waals surface area contributed by atoms with E-state index in [1.807, 2.05) is 0 Å². The SMILES string of the molecule is O=[N+]([O-])c1ccc(Cl)nc1NCCOC1CCCCC1. The van der Waals surface area contributed by atoms with Gasteiger partial charge in [0.15, 0.2) is 0 Å². The van der Waals surface area contributed by atoms with Crippen LogP contribution in [0.2, 0.25) is 5.15 Å². The Morgan fingerprint density at radius 1 is 1.40 bits per heavy atom. The molecule has 0 aliphatic heterocycles. The van der Waals surface area contributed by atoms with Crippen LogP contribution in [0.3, 0.4) is 0 Å². The van der Waals surface area contributed by atoms with Gasteiger partial charge in [-0.25, -0.2) is 4.98 Å². The summed E-state index contributed by atoms with van der Waals surface area (Å²) in [5.41, 5.74) is -0.0768. The van der Waals surface area contributed by atoms with E-state index in [2.05, 4.69) is 10.3 Å². The predicted octanol–water partition coefficient (Wildman–Crippen LogP) is 3.40. The number of anilines is 1. The second-order valence-electron chi connectivity index (χ2n) is 4.82. The summed E-state index contributed by atoms with van der Waals surface area (Å²) in [6.45, 7) is 0.987. The Bertz CT molecular complexity index is 464. The van der Waals surface area contributed by atoms with E-state index >= 15 is 0 Å². The van der Waals surface area contributed by atoms with Crippen molar-refractivity contribution >= 4 is 23.1 Å². The zero-order chi connectivity index (χ0) is 14.4. The van der Waals surface area contributed by atoms with E-state index < -0.39 is 4.92 Å². The molecule has 1 aromatic heterocycles. The lowest BCUT2D eigenvalue weighted by molar-refractivity contribution is -0.384. The monoisotopic (exact) mass is 299 g/mol. The Hall–Kier alpha value is -1.40. The number of hydrogen-bond donors (Lipinski definition) is 1. The molecule has 6 nitrogen and oxygen atoms in total. The highest BCUT2D eigenvalue weighted by atomic mass is 35.5. The minimum Gasteiger partial charge on any atom is -0.376 e. The van der Waals surface area contributed by atoms with E-state index in [0.717, 1.165) is 12.8 Å². The van der Waals surface area contributed by atoms with Crippen LogP contribution in [0.25, 0.3) is 0 Å². The number of hydrogen-bond acceptors (Lipinski definition) is 5. The Morgan fingerprint density at radius 3 is 2.85 bits per heavy atom. The number of halogens is 1. The number of pyridine rings is 1. The normalized spacial score (nSPS) is 16.1. The van der Waals surface area contributed by atoms with Crippen LogP contribution >= 0.6 is 11.6 Å². The molecule has 0 atom stereocenters. The molecule has 1 aliphatic carbocycles. The summed E-state index contributed by atoms with van der Waals surface area (Å²) in [6.07, 6.45) is 6.27. The first-order chi connectivity index (χ1) is 9.66. The zero-order valence-corrected chi connectivity index (χ0v) is 11.9. The van der Waals surface area contributed by atoms with E-state index in [-0.39, 0.29) is 16.7 Å². The molecule has 1 aliphatic rings. The molecule has 0 radical (unpaired) electrons. The molecule has 0 unspecified atom stereocenters. The first kappa shape index (κ1) is 15.0. The third kappa shape index (κ3) is 4.31. The van der Waals surface area contributed by atoms with Gasteiger partial charge in [0, 0.05) is 12.6 Å². The molecule has 0 bridgehead atoms. The molecule has 7 heteroatoms. The minimum atomic E-state index is -0.479. The number of nitro groups is 1. The quantitative estimate of drug-likeness (QED) is 0.377. The van der Waals surface area contributed by atoms with Crippen molar-refractivity contribution in [1.82, 2.24) is 4.98 Å². The van der Waals surface area contributed by atoms with Crippen LogP contribution in [0.15, 0.2) is 12.1 Å². The van der Waals surface area contributed by atoms with Gasteiger partial charge in [0.1, 0.15) is 5.15 Å². The number of nitrogens with one attached hydrogen (secondary N) is 1. The van der Waals surface area contributed by atoms with E-state index in [4.69, 9.17) is 16.3 Å². The standard InChI is InChI=1S/C13H18ClN3O3/c14-12-7-6-11(17(18)19)13(16-12)15-8-9-20-10-4-2-1-3-5-10/h6-7,10H,1-5,8-9H2,(H,15,16). The first-order valence-electron chi connectivity index (χ1n) is 6.83. The Labute approximate surface area is 122 Å². The summed E-state index contributed by atoms with van der Waals surface area (Å²) in [5, 5.41) is 14.0. The summed E-state index contributed by atoms with van der Waals surface area (Å²) >= 11 is 5.75. The number of ether oxygens (including phenoxy) is 1. The van der Waals surface area contributed by atoms with Crippen molar-refractivity contribution in [3.63, 3.8) is 0 Å². The molecule has 0 spiro atoms. The van der Waals surface area contributed by atoms with E-state index in [0.29, 0.717) is 19.3 Å². The van der Waals surface area contributed by atoms with Crippen LogP contribution in [0.5, 0.6) is 0 Å². The van der Waals surface area contributed by atoms with Crippen molar-refractivity contribution in [1.29, 1.82) is 0 Å². The minimum absolute atomic E-state index is 0.0768. The fourth-order valence-electron chi connectivity index (χ4n) is 2.33. The molecule has 1 N–H and O–H groups in total. The summed E-state index contributed by atoms with van der Waals surface area (Å²) in [4.78, 5) is 14.3. The number of aromatic nitrogens is 1. The molecule has 1 heterocycles. The lowest BCUT2D eigenvalue weighted by Gasteiger charge is -2.22. The predicted molar refractivity (Wildman–Crippen MR) is 77.2 cm³/mol. The summed E-state index contributed by atoms with van der Waals surface area (Å²) in [7, 11) is 0. The lowest BCUT2D eigenvalue weighted by Crippen LogP contribution is -2.21. The maximum Gasteiger partial charge on any atom is 0.311 e. The van der Waals surface area contributed by atoms with Crippen LogP contribution in [-0.2, 0) is 4.74 Å². The number of rotatable bonds is 6. The summed E-state index contributed by atoms with van der Waals surface area (Å²) in [6, 6.07) is 2.75. The molecule has 1 aromatic rings. The highest BCUT2D eigenvalue weighted by Gasteiger charge is 2.16. The first-order valence-corrected chi connectivity index (χ1v) is 7.21. The van der Waals surface area contributed by atoms with E-state index in [9.17, 15) is 10.1 Å². The zero-order valence-electron chi connectivity index (χ0n) is 11.2. The van der Waals surface area contributed by atoms with E-state index in [1.54, 1.807) is 0 Å². The highest BCUT2D eigenvalue weighted by Crippen LogP contribution is 2.24. The van der Waals surface area contributed by atoms with Gasteiger partial charge in [0.25, 0.3) is 0 Å². The van der Waals surface area contributed by atoms with Crippen LogP contribution < -0.4 is 5.32 Å². The van der Waals surface area contributed by atoms with Gasteiger partial charge >= 0.3 is 5.69 Å². The van der Waals surface area contributed by atoms with Crippen LogP contribution in [0.1, 0.15) is 32.1 Å². The maximum atomic E-state index is 10.9. The van der Waals surface area contributed by atoms with Gasteiger partial charge in [-0.3, -0.25) is 10.1 Å². The topological polar surface area (TPSA) is 77.3 Å². The Kier molecular flexibility index (Phi) is 5.55. The Morgan fingerprint density at radius 2 is 2.15 bits per heavy atom. The Balaban J connectivity index is 1.81. The van der Waals surface area contributed by atoms with Crippen molar-refractivity contribution in [2.75, 3.05) is 18.5 Å². The fraction of sp³-hybridized carbons (Fsp3) is 0.615. The van der Waals surface area contributed by atoms with Crippen LogP contribution in [0.4, 0.5) is 11.5 Å². The van der Waals surface area contributed by atoms with Crippen molar-refractivity contribution in [3.8, 4) is 0 Å². The lowest BCUT2D eigenvalue weighted by atomic mass is 9.98. The van der Waals surface area contributed by atoms with Gasteiger partial charge in [-0.15, -0.1) is 0 Å². The van der Waals surface area contributed by atoms with Gasteiger partial charge < -0.3 is 10.1 Å². The van der Waals surface area contributed by atoms with Gasteiger partial charge in [0.2, 0.25) is 5.82 Å². The maximum absolute atomic E-state index is 10.9. The van der Waals surface area contributed by atoms with Crippen molar-refractivity contribution in [2.45, 2.75) is 38.2 Å².